The number of hydrogen-bond acceptors (Lipinski definition) is 1. The van der Waals surface area contributed by atoms with Crippen LogP contribution in [0.1, 0.15) is 10.4 Å². The second kappa shape index (κ2) is 7.42. The fraction of sp³-hybridized carbons (Fsp3) is 0. The first-order valence-corrected chi connectivity index (χ1v) is 9.69. The van der Waals surface area contributed by atoms with E-state index in [2.05, 4.69) is 89.0 Å². The van der Waals surface area contributed by atoms with Gasteiger partial charge in [0.15, 0.2) is 0 Å². The Bertz CT molecular complexity index is 650. The van der Waals surface area contributed by atoms with Crippen LogP contribution < -0.4 is 5.32 Å². The molecular formula is C13H6BrClI3NO. The molecule has 2 nitrogen and oxygen atoms in total. The summed E-state index contributed by atoms with van der Waals surface area (Å²) in [4.78, 5) is 12.3. The summed E-state index contributed by atoms with van der Waals surface area (Å²) in [5, 5.41) is 3.46. The predicted molar refractivity (Wildman–Crippen MR) is 112 cm³/mol. The van der Waals surface area contributed by atoms with Gasteiger partial charge in [-0.1, -0.05) is 27.5 Å². The van der Waals surface area contributed by atoms with Crippen LogP contribution in [0, 0.1) is 10.7 Å². The standard InChI is InChI=1S/C13H6BrClI3NO/c14-7-1-6(2-8(15)3-7)13(20)19-12-10(17)4-9(16)5-11(12)18/h1-5H,(H,19,20). The maximum absolute atomic E-state index is 12.3. The molecule has 0 fully saturated rings. The van der Waals surface area contributed by atoms with Crippen LogP contribution in [-0.4, -0.2) is 5.91 Å². The molecule has 7 heteroatoms. The van der Waals surface area contributed by atoms with Crippen molar-refractivity contribution in [1.82, 2.24) is 0 Å². The molecule has 2 aromatic carbocycles. The number of benzene rings is 2. The van der Waals surface area contributed by atoms with Crippen molar-refractivity contribution >= 4 is 107 Å². The van der Waals surface area contributed by atoms with Crippen LogP contribution in [-0.2, 0) is 0 Å². The Balaban J connectivity index is 2.32. The maximum atomic E-state index is 12.3. The van der Waals surface area contributed by atoms with Crippen molar-refractivity contribution in [3.05, 3.63) is 56.1 Å². The number of rotatable bonds is 2. The highest BCUT2D eigenvalue weighted by molar-refractivity contribution is 14.1. The second-order valence-electron chi connectivity index (χ2n) is 3.86. The Morgan fingerprint density at radius 3 is 2.20 bits per heavy atom. The summed E-state index contributed by atoms with van der Waals surface area (Å²) in [6, 6.07) is 9.18. The van der Waals surface area contributed by atoms with Crippen molar-refractivity contribution in [3.8, 4) is 0 Å². The van der Waals surface area contributed by atoms with Gasteiger partial charge in [0.1, 0.15) is 0 Å². The van der Waals surface area contributed by atoms with Gasteiger partial charge in [-0.2, -0.15) is 0 Å². The Kier molecular flexibility index (Phi) is 6.40. The zero-order chi connectivity index (χ0) is 14.9. The molecule has 104 valence electrons. The lowest BCUT2D eigenvalue weighted by atomic mass is 10.2. The van der Waals surface area contributed by atoms with Gasteiger partial charge in [0.2, 0.25) is 0 Å². The third kappa shape index (κ3) is 4.43. The van der Waals surface area contributed by atoms with Crippen molar-refractivity contribution in [1.29, 1.82) is 0 Å². The average Bonchev–Trinajstić information content (AvgIpc) is 2.32. The number of amides is 1. The van der Waals surface area contributed by atoms with Crippen LogP contribution in [0.4, 0.5) is 5.69 Å². The SMILES string of the molecule is O=C(Nc1c(I)cc(I)cc1I)c1cc(Cl)cc(Br)c1. The van der Waals surface area contributed by atoms with E-state index in [1.165, 1.54) is 0 Å². The highest BCUT2D eigenvalue weighted by Gasteiger charge is 2.13. The molecule has 0 saturated carbocycles. The molecule has 0 atom stereocenters. The van der Waals surface area contributed by atoms with Crippen molar-refractivity contribution in [2.45, 2.75) is 0 Å². The molecular weight excluding hydrogens is 682 g/mol. The number of carbonyl (C=O) groups is 1. The molecule has 0 aliphatic carbocycles. The quantitative estimate of drug-likeness (QED) is 0.377. The molecule has 20 heavy (non-hydrogen) atoms. The largest absolute Gasteiger partial charge is 0.320 e. The van der Waals surface area contributed by atoms with E-state index in [4.69, 9.17) is 11.6 Å². The number of hydrogen-bond donors (Lipinski definition) is 1. The van der Waals surface area contributed by atoms with Crippen LogP contribution >= 0.6 is 95.3 Å². The molecule has 0 saturated heterocycles. The first-order valence-electron chi connectivity index (χ1n) is 5.29. The third-order valence-electron chi connectivity index (χ3n) is 2.37. The highest BCUT2D eigenvalue weighted by Crippen LogP contribution is 2.28. The summed E-state index contributed by atoms with van der Waals surface area (Å²) in [5.41, 5.74) is 1.35. The van der Waals surface area contributed by atoms with Gasteiger partial charge in [-0.25, -0.2) is 0 Å². The number of carbonyl (C=O) groups excluding carboxylic acids is 1. The fourth-order valence-corrected chi connectivity index (χ4v) is 6.24. The van der Waals surface area contributed by atoms with Crippen LogP contribution in [0.2, 0.25) is 5.02 Å². The van der Waals surface area contributed by atoms with E-state index in [0.717, 1.165) is 20.9 Å². The van der Waals surface area contributed by atoms with E-state index in [0.29, 0.717) is 10.6 Å². The van der Waals surface area contributed by atoms with E-state index in [-0.39, 0.29) is 5.91 Å². The topological polar surface area (TPSA) is 29.1 Å². The highest BCUT2D eigenvalue weighted by atomic mass is 127. The van der Waals surface area contributed by atoms with Gasteiger partial charge in [-0.05, 0) is 98.1 Å². The Hall–Kier alpha value is 0.870. The molecule has 0 spiro atoms. The average molecular weight is 688 g/mol. The zero-order valence-corrected chi connectivity index (χ0v) is 18.5. The van der Waals surface area contributed by atoms with Crippen LogP contribution in [0.3, 0.4) is 0 Å². The van der Waals surface area contributed by atoms with Crippen molar-refractivity contribution < 1.29 is 4.79 Å². The third-order valence-corrected chi connectivity index (χ3v) is 5.37. The van der Waals surface area contributed by atoms with Crippen LogP contribution in [0.15, 0.2) is 34.8 Å². The van der Waals surface area contributed by atoms with Gasteiger partial charge in [0.25, 0.3) is 5.91 Å². The summed E-state index contributed by atoms with van der Waals surface area (Å²) in [5.74, 6) is -0.176. The van der Waals surface area contributed by atoms with E-state index in [9.17, 15) is 4.79 Å². The van der Waals surface area contributed by atoms with E-state index >= 15 is 0 Å². The summed E-state index contributed by atoms with van der Waals surface area (Å²) in [6.45, 7) is 0. The van der Waals surface area contributed by atoms with Gasteiger partial charge in [-0.3, -0.25) is 4.79 Å². The number of nitrogens with one attached hydrogen (secondary N) is 1. The molecule has 0 bridgehead atoms. The summed E-state index contributed by atoms with van der Waals surface area (Å²) < 4.78 is 3.93. The fourth-order valence-electron chi connectivity index (χ4n) is 1.53. The second-order valence-corrected chi connectivity index (χ2v) is 8.78. The maximum Gasteiger partial charge on any atom is 0.255 e. The van der Waals surface area contributed by atoms with Gasteiger partial charge >= 0.3 is 0 Å². The molecule has 0 unspecified atom stereocenters. The number of halogens is 5. The van der Waals surface area contributed by atoms with Gasteiger partial charge in [0, 0.05) is 25.8 Å². The summed E-state index contributed by atoms with van der Waals surface area (Å²) >= 11 is 16.0. The molecule has 2 rings (SSSR count). The number of anilines is 1. The summed E-state index contributed by atoms with van der Waals surface area (Å²) in [7, 11) is 0. The zero-order valence-electron chi connectivity index (χ0n) is 9.68. The van der Waals surface area contributed by atoms with Crippen molar-refractivity contribution in [2.24, 2.45) is 0 Å². The Morgan fingerprint density at radius 1 is 1.05 bits per heavy atom. The lowest BCUT2D eigenvalue weighted by Gasteiger charge is -2.11. The molecule has 1 amide bonds. The summed E-state index contributed by atoms with van der Waals surface area (Å²) in [6.07, 6.45) is 0. The lowest BCUT2D eigenvalue weighted by molar-refractivity contribution is 0.102. The van der Waals surface area contributed by atoms with E-state index in [1.54, 1.807) is 18.2 Å². The minimum atomic E-state index is -0.176. The molecule has 0 aliphatic heterocycles. The predicted octanol–water partition coefficient (Wildman–Crippen LogP) is 6.17. The lowest BCUT2D eigenvalue weighted by Crippen LogP contribution is -2.14. The van der Waals surface area contributed by atoms with Crippen LogP contribution in [0.5, 0.6) is 0 Å². The molecule has 0 aliphatic rings. The van der Waals surface area contributed by atoms with E-state index < -0.39 is 0 Å². The first-order chi connectivity index (χ1) is 9.36. The molecule has 0 heterocycles. The minimum Gasteiger partial charge on any atom is -0.320 e. The van der Waals surface area contributed by atoms with Crippen molar-refractivity contribution in [3.63, 3.8) is 0 Å². The minimum absolute atomic E-state index is 0.176. The van der Waals surface area contributed by atoms with Gasteiger partial charge < -0.3 is 5.32 Å². The molecule has 0 radical (unpaired) electrons. The Morgan fingerprint density at radius 2 is 1.65 bits per heavy atom. The van der Waals surface area contributed by atoms with Crippen molar-refractivity contribution in [2.75, 3.05) is 5.32 Å². The monoisotopic (exact) mass is 687 g/mol. The Labute approximate surface area is 171 Å². The molecule has 1 N–H and O–H groups in total. The van der Waals surface area contributed by atoms with Gasteiger partial charge in [0.05, 0.1) is 5.69 Å². The van der Waals surface area contributed by atoms with E-state index in [1.807, 2.05) is 12.1 Å². The van der Waals surface area contributed by atoms with Crippen LogP contribution in [0.25, 0.3) is 0 Å². The first kappa shape index (κ1) is 17.2. The smallest absolute Gasteiger partial charge is 0.255 e. The molecule has 2 aromatic rings. The normalized spacial score (nSPS) is 10.4. The van der Waals surface area contributed by atoms with Gasteiger partial charge in [-0.15, -0.1) is 0 Å². The molecule has 0 aromatic heterocycles.